The molecule has 1 aromatic carbocycles. The van der Waals surface area contributed by atoms with Crippen molar-refractivity contribution in [1.29, 1.82) is 0 Å². The van der Waals surface area contributed by atoms with Crippen LogP contribution < -0.4 is 11.1 Å². The zero-order valence-corrected chi connectivity index (χ0v) is 12.1. The van der Waals surface area contributed by atoms with Crippen molar-refractivity contribution >= 4 is 23.4 Å². The summed E-state index contributed by atoms with van der Waals surface area (Å²) in [6.45, 7) is 6.10. The molecule has 0 aromatic heterocycles. The van der Waals surface area contributed by atoms with Gasteiger partial charge in [-0.3, -0.25) is 4.79 Å². The molecule has 1 amide bonds. The van der Waals surface area contributed by atoms with Gasteiger partial charge >= 0.3 is 0 Å². The van der Waals surface area contributed by atoms with E-state index in [9.17, 15) is 4.79 Å². The third-order valence-electron chi connectivity index (χ3n) is 2.75. The maximum atomic E-state index is 11.7. The number of thioether (sulfide) groups is 1. The highest BCUT2D eigenvalue weighted by molar-refractivity contribution is 8.00. The molecule has 0 saturated heterocycles. The first-order valence-electron chi connectivity index (χ1n) is 6.23. The van der Waals surface area contributed by atoms with Crippen LogP contribution in [0, 0.1) is 13.8 Å². The largest absolute Gasteiger partial charge is 0.327 e. The molecule has 0 aliphatic rings. The summed E-state index contributed by atoms with van der Waals surface area (Å²) in [5.41, 5.74) is 8.99. The van der Waals surface area contributed by atoms with E-state index in [4.69, 9.17) is 5.73 Å². The lowest BCUT2D eigenvalue weighted by molar-refractivity contribution is -0.113. The fraction of sp³-hybridized carbons (Fsp3) is 0.500. The first-order chi connectivity index (χ1) is 8.52. The lowest BCUT2D eigenvalue weighted by Crippen LogP contribution is -2.23. The van der Waals surface area contributed by atoms with Crippen LogP contribution >= 0.6 is 11.8 Å². The average molecular weight is 266 g/mol. The van der Waals surface area contributed by atoms with Crippen molar-refractivity contribution < 1.29 is 4.79 Å². The van der Waals surface area contributed by atoms with Gasteiger partial charge in [-0.1, -0.05) is 24.6 Å². The smallest absolute Gasteiger partial charge is 0.234 e. The summed E-state index contributed by atoms with van der Waals surface area (Å²) in [7, 11) is 0. The van der Waals surface area contributed by atoms with Crippen LogP contribution in [0.2, 0.25) is 0 Å². The highest BCUT2D eigenvalue weighted by Crippen LogP contribution is 2.16. The summed E-state index contributed by atoms with van der Waals surface area (Å²) in [5, 5.41) is 2.93. The number of aryl methyl sites for hydroxylation is 2. The second kappa shape index (κ2) is 7.44. The van der Waals surface area contributed by atoms with Gasteiger partial charge in [0.1, 0.15) is 0 Å². The number of anilines is 1. The zero-order valence-electron chi connectivity index (χ0n) is 11.3. The number of benzene rings is 1. The van der Waals surface area contributed by atoms with Gasteiger partial charge in [0.15, 0.2) is 0 Å². The van der Waals surface area contributed by atoms with E-state index >= 15 is 0 Å². The van der Waals surface area contributed by atoms with Gasteiger partial charge in [0.25, 0.3) is 0 Å². The van der Waals surface area contributed by atoms with Crippen molar-refractivity contribution in [1.82, 2.24) is 0 Å². The van der Waals surface area contributed by atoms with Crippen LogP contribution in [0.15, 0.2) is 18.2 Å². The monoisotopic (exact) mass is 266 g/mol. The lowest BCUT2D eigenvalue weighted by atomic mass is 10.1. The van der Waals surface area contributed by atoms with Crippen LogP contribution in [0.4, 0.5) is 5.69 Å². The molecule has 0 fully saturated rings. The quantitative estimate of drug-likeness (QED) is 0.832. The Morgan fingerprint density at radius 2 is 2.17 bits per heavy atom. The molecule has 0 saturated carbocycles. The fourth-order valence-electron chi connectivity index (χ4n) is 1.56. The molecule has 0 aliphatic carbocycles. The molecule has 1 rings (SSSR count). The molecule has 3 nitrogen and oxygen atoms in total. The fourth-order valence-corrected chi connectivity index (χ4v) is 2.47. The van der Waals surface area contributed by atoms with E-state index in [1.165, 1.54) is 5.56 Å². The maximum absolute atomic E-state index is 11.7. The SMILES string of the molecule is CCC(N)CSCC(=O)Nc1ccc(C)cc1C. The Morgan fingerprint density at radius 1 is 1.44 bits per heavy atom. The summed E-state index contributed by atoms with van der Waals surface area (Å²) >= 11 is 1.59. The standard InChI is InChI=1S/C14H22N2OS/c1-4-12(15)8-18-9-14(17)16-13-6-5-10(2)7-11(13)3/h5-7,12H,4,8-9,15H2,1-3H3,(H,16,17). The van der Waals surface area contributed by atoms with Crippen molar-refractivity contribution in [3.63, 3.8) is 0 Å². The Labute approximate surface area is 114 Å². The number of nitrogens with one attached hydrogen (secondary N) is 1. The van der Waals surface area contributed by atoms with E-state index in [0.717, 1.165) is 23.4 Å². The van der Waals surface area contributed by atoms with Crippen molar-refractivity contribution in [2.24, 2.45) is 5.73 Å². The Morgan fingerprint density at radius 3 is 2.78 bits per heavy atom. The van der Waals surface area contributed by atoms with Crippen molar-refractivity contribution in [3.05, 3.63) is 29.3 Å². The van der Waals surface area contributed by atoms with Crippen molar-refractivity contribution in [2.45, 2.75) is 33.2 Å². The van der Waals surface area contributed by atoms with Gasteiger partial charge in [-0.15, -0.1) is 0 Å². The van der Waals surface area contributed by atoms with Gasteiger partial charge in [0.05, 0.1) is 5.75 Å². The Hall–Kier alpha value is -1.00. The second-order valence-electron chi connectivity index (χ2n) is 4.55. The van der Waals surface area contributed by atoms with Gasteiger partial charge in [0.2, 0.25) is 5.91 Å². The predicted molar refractivity (Wildman–Crippen MR) is 80.1 cm³/mol. The Kier molecular flexibility index (Phi) is 6.22. The van der Waals surface area contributed by atoms with Crippen molar-refractivity contribution in [3.8, 4) is 0 Å². The Balaban J connectivity index is 2.40. The van der Waals surface area contributed by atoms with Crippen LogP contribution in [-0.4, -0.2) is 23.5 Å². The zero-order chi connectivity index (χ0) is 13.5. The first kappa shape index (κ1) is 15.1. The third kappa shape index (κ3) is 5.10. The second-order valence-corrected chi connectivity index (χ2v) is 5.58. The average Bonchev–Trinajstić information content (AvgIpc) is 2.32. The first-order valence-corrected chi connectivity index (χ1v) is 7.38. The summed E-state index contributed by atoms with van der Waals surface area (Å²) in [4.78, 5) is 11.7. The molecule has 1 aromatic rings. The third-order valence-corrected chi connectivity index (χ3v) is 3.88. The predicted octanol–water partition coefficient (Wildman–Crippen LogP) is 2.71. The van der Waals surface area contributed by atoms with Gasteiger partial charge in [0, 0.05) is 17.5 Å². The molecule has 0 aliphatic heterocycles. The molecule has 4 heteroatoms. The number of rotatable bonds is 6. The molecular formula is C14H22N2OS. The summed E-state index contributed by atoms with van der Waals surface area (Å²) in [6, 6.07) is 6.20. The molecular weight excluding hydrogens is 244 g/mol. The van der Waals surface area contributed by atoms with Crippen LogP contribution in [-0.2, 0) is 4.79 Å². The van der Waals surface area contributed by atoms with E-state index in [0.29, 0.717) is 5.75 Å². The minimum atomic E-state index is 0.0373. The lowest BCUT2D eigenvalue weighted by Gasteiger charge is -2.10. The van der Waals surface area contributed by atoms with Gasteiger partial charge in [-0.2, -0.15) is 11.8 Å². The number of nitrogens with two attached hydrogens (primary N) is 1. The topological polar surface area (TPSA) is 55.1 Å². The van der Waals surface area contributed by atoms with E-state index in [2.05, 4.69) is 18.3 Å². The minimum absolute atomic E-state index is 0.0373. The van der Waals surface area contributed by atoms with Crippen LogP contribution in [0.1, 0.15) is 24.5 Å². The van der Waals surface area contributed by atoms with Crippen LogP contribution in [0.25, 0.3) is 0 Å². The summed E-state index contributed by atoms with van der Waals surface area (Å²) < 4.78 is 0. The minimum Gasteiger partial charge on any atom is -0.327 e. The highest BCUT2D eigenvalue weighted by Gasteiger charge is 2.06. The maximum Gasteiger partial charge on any atom is 0.234 e. The molecule has 0 heterocycles. The molecule has 100 valence electrons. The molecule has 0 bridgehead atoms. The number of amides is 1. The molecule has 18 heavy (non-hydrogen) atoms. The molecule has 3 N–H and O–H groups in total. The number of carbonyl (C=O) groups excluding carboxylic acids is 1. The van der Waals surface area contributed by atoms with E-state index in [1.807, 2.05) is 26.0 Å². The van der Waals surface area contributed by atoms with Gasteiger partial charge < -0.3 is 11.1 Å². The summed E-state index contributed by atoms with van der Waals surface area (Å²) in [6.07, 6.45) is 0.950. The van der Waals surface area contributed by atoms with Crippen LogP contribution in [0.5, 0.6) is 0 Å². The number of hydrogen-bond acceptors (Lipinski definition) is 3. The van der Waals surface area contributed by atoms with E-state index in [-0.39, 0.29) is 11.9 Å². The molecule has 1 unspecified atom stereocenters. The number of carbonyl (C=O) groups is 1. The van der Waals surface area contributed by atoms with E-state index in [1.54, 1.807) is 11.8 Å². The highest BCUT2D eigenvalue weighted by atomic mass is 32.2. The summed E-state index contributed by atoms with van der Waals surface area (Å²) in [5.74, 6) is 1.33. The number of hydrogen-bond donors (Lipinski definition) is 2. The van der Waals surface area contributed by atoms with Gasteiger partial charge in [-0.25, -0.2) is 0 Å². The normalized spacial score (nSPS) is 12.2. The van der Waals surface area contributed by atoms with E-state index < -0.39 is 0 Å². The molecule has 0 spiro atoms. The molecule has 0 radical (unpaired) electrons. The molecule has 1 atom stereocenters. The Bertz CT molecular complexity index is 407. The van der Waals surface area contributed by atoms with Crippen molar-refractivity contribution in [2.75, 3.05) is 16.8 Å². The van der Waals surface area contributed by atoms with Crippen LogP contribution in [0.3, 0.4) is 0 Å². The van der Waals surface area contributed by atoms with Gasteiger partial charge in [-0.05, 0) is 31.9 Å².